The van der Waals surface area contributed by atoms with Crippen molar-refractivity contribution in [3.8, 4) is 0 Å². The lowest BCUT2D eigenvalue weighted by molar-refractivity contribution is -0.124. The Balaban J connectivity index is 2.50. The first-order valence-electron chi connectivity index (χ1n) is 5.90. The molecule has 0 aliphatic rings. The molecule has 1 aromatic rings. The van der Waals surface area contributed by atoms with Crippen molar-refractivity contribution in [2.75, 3.05) is 5.75 Å². The second kappa shape index (κ2) is 6.70. The number of hydrogen-bond donors (Lipinski definition) is 2. The van der Waals surface area contributed by atoms with Gasteiger partial charge in [0.1, 0.15) is 6.33 Å². The Kier molecular flexibility index (Phi) is 5.55. The summed E-state index contributed by atoms with van der Waals surface area (Å²) in [4.78, 5) is 19.5. The summed E-state index contributed by atoms with van der Waals surface area (Å²) >= 11 is 1.59. The summed E-state index contributed by atoms with van der Waals surface area (Å²) in [6, 6.07) is 2.06. The highest BCUT2D eigenvalue weighted by atomic mass is 32.2. The van der Waals surface area contributed by atoms with Crippen LogP contribution in [0.1, 0.15) is 27.2 Å². The van der Waals surface area contributed by atoms with Gasteiger partial charge in [-0.25, -0.2) is 9.97 Å². The average Bonchev–Trinajstić information content (AvgIpc) is 2.29. The molecule has 1 aromatic heterocycles. The van der Waals surface area contributed by atoms with Crippen molar-refractivity contribution >= 4 is 17.7 Å². The molecule has 0 aliphatic carbocycles. The van der Waals surface area contributed by atoms with Crippen LogP contribution in [0.25, 0.3) is 0 Å². The first-order valence-corrected chi connectivity index (χ1v) is 6.89. The van der Waals surface area contributed by atoms with E-state index < -0.39 is 5.54 Å². The van der Waals surface area contributed by atoms with Gasteiger partial charge in [-0.15, -0.1) is 11.8 Å². The maximum absolute atomic E-state index is 11.5. The van der Waals surface area contributed by atoms with Gasteiger partial charge >= 0.3 is 0 Å². The Morgan fingerprint density at radius 3 is 2.83 bits per heavy atom. The van der Waals surface area contributed by atoms with Crippen LogP contribution in [0.15, 0.2) is 23.6 Å². The minimum Gasteiger partial charge on any atom is -0.368 e. The summed E-state index contributed by atoms with van der Waals surface area (Å²) in [6.07, 6.45) is 3.88. The number of nitrogens with two attached hydrogens (primary N) is 1. The van der Waals surface area contributed by atoms with Gasteiger partial charge in [-0.3, -0.25) is 4.79 Å². The Morgan fingerprint density at radius 1 is 1.61 bits per heavy atom. The van der Waals surface area contributed by atoms with Gasteiger partial charge in [0.25, 0.3) is 0 Å². The number of carbonyl (C=O) groups is 1. The predicted molar refractivity (Wildman–Crippen MR) is 73.2 cm³/mol. The molecular formula is C12H20N4OS. The fraction of sp³-hybridized carbons (Fsp3) is 0.583. The van der Waals surface area contributed by atoms with Gasteiger partial charge in [0, 0.05) is 18.0 Å². The lowest BCUT2D eigenvalue weighted by Crippen LogP contribution is -2.55. The van der Waals surface area contributed by atoms with Crippen molar-refractivity contribution in [1.29, 1.82) is 0 Å². The Hall–Kier alpha value is -1.14. The van der Waals surface area contributed by atoms with Crippen LogP contribution < -0.4 is 11.1 Å². The third-order valence-electron chi connectivity index (χ3n) is 2.56. The topological polar surface area (TPSA) is 80.9 Å². The molecule has 1 heterocycles. The van der Waals surface area contributed by atoms with Crippen LogP contribution in [0.5, 0.6) is 0 Å². The first kappa shape index (κ1) is 14.9. The van der Waals surface area contributed by atoms with Crippen LogP contribution in [-0.2, 0) is 4.79 Å². The zero-order valence-electron chi connectivity index (χ0n) is 11.0. The molecule has 5 nitrogen and oxygen atoms in total. The number of nitrogens with zero attached hydrogens (tertiary/aromatic N) is 2. The minimum atomic E-state index is -0.672. The summed E-state index contributed by atoms with van der Waals surface area (Å²) in [5.41, 5.74) is 4.79. The van der Waals surface area contributed by atoms with E-state index >= 15 is 0 Å². The van der Waals surface area contributed by atoms with Gasteiger partial charge in [0.05, 0.1) is 10.6 Å². The molecule has 0 fully saturated rings. The fourth-order valence-electron chi connectivity index (χ4n) is 1.63. The molecule has 1 rings (SSSR count). The maximum atomic E-state index is 11.5. The third-order valence-corrected chi connectivity index (χ3v) is 3.50. The molecule has 0 aliphatic heterocycles. The smallest absolute Gasteiger partial charge is 0.237 e. The molecule has 0 radical (unpaired) electrons. The lowest BCUT2D eigenvalue weighted by Gasteiger charge is -2.29. The first-order chi connectivity index (χ1) is 8.44. The molecule has 1 amide bonds. The molecule has 1 unspecified atom stereocenters. The van der Waals surface area contributed by atoms with E-state index in [1.807, 2.05) is 26.8 Å². The number of carbonyl (C=O) groups excluding carboxylic acids is 1. The van der Waals surface area contributed by atoms with Crippen molar-refractivity contribution in [3.63, 3.8) is 0 Å². The summed E-state index contributed by atoms with van der Waals surface area (Å²) in [5, 5.41) is 4.13. The third kappa shape index (κ3) is 4.62. The molecule has 0 saturated carbocycles. The number of primary amides is 1. The number of aromatic nitrogens is 2. The highest BCUT2D eigenvalue weighted by molar-refractivity contribution is 7.99. The van der Waals surface area contributed by atoms with Crippen LogP contribution in [0.3, 0.4) is 0 Å². The Bertz CT molecular complexity index is 385. The van der Waals surface area contributed by atoms with Crippen LogP contribution in [0.4, 0.5) is 0 Å². The zero-order chi connectivity index (χ0) is 13.6. The molecule has 1 atom stereocenters. The van der Waals surface area contributed by atoms with Gasteiger partial charge in [0.2, 0.25) is 5.91 Å². The molecule has 6 heteroatoms. The molecule has 18 heavy (non-hydrogen) atoms. The second-order valence-corrected chi connectivity index (χ2v) is 5.76. The monoisotopic (exact) mass is 268 g/mol. The van der Waals surface area contributed by atoms with Gasteiger partial charge in [-0.1, -0.05) is 0 Å². The predicted octanol–water partition coefficient (Wildman–Crippen LogP) is 1.20. The van der Waals surface area contributed by atoms with E-state index in [1.165, 1.54) is 6.33 Å². The highest BCUT2D eigenvalue weighted by Gasteiger charge is 2.30. The van der Waals surface area contributed by atoms with E-state index in [0.29, 0.717) is 6.42 Å². The maximum Gasteiger partial charge on any atom is 0.237 e. The van der Waals surface area contributed by atoms with Crippen molar-refractivity contribution in [1.82, 2.24) is 15.3 Å². The summed E-state index contributed by atoms with van der Waals surface area (Å²) in [6.45, 7) is 5.84. The molecule has 0 bridgehead atoms. The van der Waals surface area contributed by atoms with Crippen LogP contribution in [0, 0.1) is 0 Å². The number of nitrogens with one attached hydrogen (secondary N) is 1. The summed E-state index contributed by atoms with van der Waals surface area (Å²) < 4.78 is 0. The second-order valence-electron chi connectivity index (χ2n) is 4.64. The standard InChI is InChI=1S/C12H20N4OS/c1-9(2)16-12(3,11(13)17)5-7-18-10-4-6-14-8-15-10/h4,6,8-9,16H,5,7H2,1-3H3,(H2,13,17). The largest absolute Gasteiger partial charge is 0.368 e. The van der Waals surface area contributed by atoms with Crippen molar-refractivity contribution in [3.05, 3.63) is 18.6 Å². The van der Waals surface area contributed by atoms with Gasteiger partial charge < -0.3 is 11.1 Å². The van der Waals surface area contributed by atoms with Crippen LogP contribution in [0.2, 0.25) is 0 Å². The Labute approximate surface area is 112 Å². The van der Waals surface area contributed by atoms with Gasteiger partial charge in [-0.2, -0.15) is 0 Å². The van der Waals surface area contributed by atoms with E-state index in [1.54, 1.807) is 18.0 Å². The molecule has 0 saturated heterocycles. The summed E-state index contributed by atoms with van der Waals surface area (Å²) in [7, 11) is 0. The highest BCUT2D eigenvalue weighted by Crippen LogP contribution is 2.20. The lowest BCUT2D eigenvalue weighted by atomic mass is 9.97. The summed E-state index contributed by atoms with van der Waals surface area (Å²) in [5.74, 6) is 0.454. The SMILES string of the molecule is CC(C)NC(C)(CCSc1ccncn1)C(N)=O. The van der Waals surface area contributed by atoms with Crippen molar-refractivity contribution < 1.29 is 4.79 Å². The van der Waals surface area contributed by atoms with Crippen LogP contribution in [-0.4, -0.2) is 33.2 Å². The van der Waals surface area contributed by atoms with Gasteiger partial charge in [-0.05, 0) is 33.3 Å². The number of hydrogen-bond acceptors (Lipinski definition) is 5. The van der Waals surface area contributed by atoms with Crippen molar-refractivity contribution in [2.24, 2.45) is 5.73 Å². The van der Waals surface area contributed by atoms with E-state index in [4.69, 9.17) is 5.73 Å². The molecule has 100 valence electrons. The molecule has 0 spiro atoms. The normalized spacial score (nSPS) is 14.4. The molecule has 3 N–H and O–H groups in total. The quantitative estimate of drug-likeness (QED) is 0.573. The van der Waals surface area contributed by atoms with E-state index in [0.717, 1.165) is 10.8 Å². The zero-order valence-corrected chi connectivity index (χ0v) is 11.8. The molecular weight excluding hydrogens is 248 g/mol. The van der Waals surface area contributed by atoms with E-state index in [2.05, 4.69) is 15.3 Å². The van der Waals surface area contributed by atoms with E-state index in [-0.39, 0.29) is 11.9 Å². The Morgan fingerprint density at radius 2 is 2.33 bits per heavy atom. The van der Waals surface area contributed by atoms with Gasteiger partial charge in [0.15, 0.2) is 0 Å². The molecule has 0 aromatic carbocycles. The minimum absolute atomic E-state index is 0.214. The fourth-order valence-corrected chi connectivity index (χ4v) is 2.63. The van der Waals surface area contributed by atoms with Crippen LogP contribution >= 0.6 is 11.8 Å². The number of thioether (sulfide) groups is 1. The van der Waals surface area contributed by atoms with Crippen molar-refractivity contribution in [2.45, 2.75) is 43.8 Å². The number of rotatable bonds is 7. The van der Waals surface area contributed by atoms with E-state index in [9.17, 15) is 4.79 Å². The average molecular weight is 268 g/mol. The number of amides is 1.